The van der Waals surface area contributed by atoms with E-state index >= 15 is 0 Å². The van der Waals surface area contributed by atoms with E-state index in [1.807, 2.05) is 18.2 Å². The van der Waals surface area contributed by atoms with Gasteiger partial charge in [-0.05, 0) is 17.7 Å². The number of thioether (sulfide) groups is 1. The highest BCUT2D eigenvalue weighted by Crippen LogP contribution is 2.23. The fourth-order valence-electron chi connectivity index (χ4n) is 1.25. The van der Waals surface area contributed by atoms with Gasteiger partial charge in [0.05, 0.1) is 0 Å². The molecule has 17 heavy (non-hydrogen) atoms. The number of benzene rings is 1. The Morgan fingerprint density at radius 1 is 1.41 bits per heavy atom. The van der Waals surface area contributed by atoms with Gasteiger partial charge in [0.15, 0.2) is 4.34 Å². The molecule has 0 bridgehead atoms. The van der Waals surface area contributed by atoms with E-state index < -0.39 is 0 Å². The summed E-state index contributed by atoms with van der Waals surface area (Å²) in [6.45, 7) is -0.107. The van der Waals surface area contributed by atoms with Gasteiger partial charge in [0.25, 0.3) is 0 Å². The van der Waals surface area contributed by atoms with Gasteiger partial charge < -0.3 is 5.11 Å². The van der Waals surface area contributed by atoms with Crippen molar-refractivity contribution >= 4 is 23.1 Å². The summed E-state index contributed by atoms with van der Waals surface area (Å²) in [6.07, 6.45) is 0. The average Bonchev–Trinajstić information content (AvgIpc) is 2.87. The maximum absolute atomic E-state index is 8.63. The Bertz CT molecular complexity index is 529. The third-order valence-corrected chi connectivity index (χ3v) is 3.87. The highest BCUT2D eigenvalue weighted by atomic mass is 32.2. The number of aliphatic hydroxyl groups is 1. The van der Waals surface area contributed by atoms with Crippen molar-refractivity contribution in [1.29, 1.82) is 0 Å². The molecule has 0 amide bonds. The molecule has 0 saturated carbocycles. The van der Waals surface area contributed by atoms with E-state index in [0.29, 0.717) is 0 Å². The van der Waals surface area contributed by atoms with Crippen LogP contribution in [0.4, 0.5) is 0 Å². The molecule has 3 nitrogen and oxygen atoms in total. The second-order valence-electron chi connectivity index (χ2n) is 3.15. The zero-order chi connectivity index (χ0) is 11.9. The van der Waals surface area contributed by atoms with Crippen molar-refractivity contribution in [2.45, 2.75) is 10.1 Å². The summed E-state index contributed by atoms with van der Waals surface area (Å²) < 4.78 is 0.969. The van der Waals surface area contributed by atoms with Crippen molar-refractivity contribution in [3.63, 3.8) is 0 Å². The molecule has 1 aromatic heterocycles. The van der Waals surface area contributed by atoms with Gasteiger partial charge in [-0.1, -0.05) is 47.1 Å². The number of aliphatic hydroxyl groups excluding tert-OH is 1. The summed E-state index contributed by atoms with van der Waals surface area (Å²) in [5.41, 5.74) is 3.84. The first-order chi connectivity index (χ1) is 8.38. The van der Waals surface area contributed by atoms with Gasteiger partial charge >= 0.3 is 0 Å². The fourth-order valence-corrected chi connectivity index (χ4v) is 2.68. The van der Waals surface area contributed by atoms with Crippen LogP contribution in [-0.4, -0.2) is 21.9 Å². The molecule has 1 N–H and O–H groups in total. The highest BCUT2D eigenvalue weighted by molar-refractivity contribution is 8.00. The predicted molar refractivity (Wildman–Crippen MR) is 69.9 cm³/mol. The minimum absolute atomic E-state index is 0.107. The first-order valence-electron chi connectivity index (χ1n) is 4.96. The van der Waals surface area contributed by atoms with Crippen LogP contribution in [0.1, 0.15) is 11.1 Å². The summed E-state index contributed by atoms with van der Waals surface area (Å²) in [6, 6.07) is 7.98. The van der Waals surface area contributed by atoms with Crippen LogP contribution >= 0.6 is 23.1 Å². The average molecular weight is 262 g/mol. The molecule has 0 radical (unpaired) electrons. The fraction of sp³-hybridized carbons (Fsp3) is 0.167. The molecule has 0 fully saturated rings. The van der Waals surface area contributed by atoms with E-state index in [4.69, 9.17) is 5.11 Å². The molecule has 2 aromatic rings. The van der Waals surface area contributed by atoms with Crippen LogP contribution in [0.5, 0.6) is 0 Å². The van der Waals surface area contributed by atoms with Crippen LogP contribution in [0.2, 0.25) is 0 Å². The summed E-state index contributed by atoms with van der Waals surface area (Å²) in [5, 5.41) is 16.4. The van der Waals surface area contributed by atoms with Crippen molar-refractivity contribution in [3.05, 3.63) is 40.9 Å². The Labute approximate surface area is 108 Å². The predicted octanol–water partition coefficient (Wildman–Crippen LogP) is 2.17. The summed E-state index contributed by atoms with van der Waals surface area (Å²) in [5.74, 6) is 6.38. The molecular weight excluding hydrogens is 252 g/mol. The Balaban J connectivity index is 2.01. The molecule has 86 valence electrons. The van der Waals surface area contributed by atoms with Crippen molar-refractivity contribution in [3.8, 4) is 11.8 Å². The SMILES string of the molecule is OCC#Cc1cccc(CSc2nncs2)c1. The van der Waals surface area contributed by atoms with Crippen LogP contribution in [0.3, 0.4) is 0 Å². The van der Waals surface area contributed by atoms with E-state index in [2.05, 4.69) is 28.1 Å². The lowest BCUT2D eigenvalue weighted by Gasteiger charge is -1.99. The number of nitrogens with zero attached hydrogens (tertiary/aromatic N) is 2. The molecule has 0 saturated heterocycles. The summed E-state index contributed by atoms with van der Waals surface area (Å²) in [7, 11) is 0. The second-order valence-corrected chi connectivity index (χ2v) is 5.21. The van der Waals surface area contributed by atoms with E-state index in [1.54, 1.807) is 17.3 Å². The molecule has 0 aliphatic heterocycles. The van der Waals surface area contributed by atoms with Crippen LogP contribution in [0.15, 0.2) is 34.1 Å². The smallest absolute Gasteiger partial charge is 0.174 e. The van der Waals surface area contributed by atoms with E-state index in [9.17, 15) is 0 Å². The first kappa shape index (κ1) is 12.1. The van der Waals surface area contributed by atoms with Gasteiger partial charge in [0.1, 0.15) is 12.1 Å². The molecule has 1 heterocycles. The van der Waals surface area contributed by atoms with Crippen molar-refractivity contribution in [2.24, 2.45) is 0 Å². The van der Waals surface area contributed by atoms with Crippen LogP contribution < -0.4 is 0 Å². The molecule has 2 rings (SSSR count). The lowest BCUT2D eigenvalue weighted by molar-refractivity contribution is 0.350. The summed E-state index contributed by atoms with van der Waals surface area (Å²) >= 11 is 3.20. The lowest BCUT2D eigenvalue weighted by atomic mass is 10.1. The van der Waals surface area contributed by atoms with Crippen molar-refractivity contribution in [2.75, 3.05) is 6.61 Å². The monoisotopic (exact) mass is 262 g/mol. The van der Waals surface area contributed by atoms with Crippen LogP contribution in [-0.2, 0) is 5.75 Å². The van der Waals surface area contributed by atoms with Gasteiger partial charge in [-0.3, -0.25) is 0 Å². The zero-order valence-electron chi connectivity index (χ0n) is 8.96. The van der Waals surface area contributed by atoms with E-state index in [0.717, 1.165) is 15.7 Å². The molecular formula is C12H10N2OS2. The van der Waals surface area contributed by atoms with Gasteiger partial charge in [0.2, 0.25) is 0 Å². The molecule has 1 aromatic carbocycles. The summed E-state index contributed by atoms with van der Waals surface area (Å²) in [4.78, 5) is 0. The lowest BCUT2D eigenvalue weighted by Crippen LogP contribution is -1.83. The van der Waals surface area contributed by atoms with Crippen molar-refractivity contribution < 1.29 is 5.11 Å². The van der Waals surface area contributed by atoms with E-state index in [-0.39, 0.29) is 6.61 Å². The molecule has 0 aliphatic carbocycles. The maximum atomic E-state index is 8.63. The largest absolute Gasteiger partial charge is 0.384 e. The van der Waals surface area contributed by atoms with Crippen LogP contribution in [0.25, 0.3) is 0 Å². The standard InChI is InChI=1S/C12H10N2OS2/c15-6-2-5-10-3-1-4-11(7-10)8-16-12-14-13-9-17-12/h1,3-4,7,9,15H,6,8H2. The Morgan fingerprint density at radius 3 is 3.12 bits per heavy atom. The third-order valence-electron chi connectivity index (χ3n) is 1.94. The van der Waals surface area contributed by atoms with Crippen LogP contribution in [0, 0.1) is 11.8 Å². The van der Waals surface area contributed by atoms with Crippen molar-refractivity contribution in [1.82, 2.24) is 10.2 Å². The normalized spacial score (nSPS) is 9.71. The first-order valence-corrected chi connectivity index (χ1v) is 6.82. The topological polar surface area (TPSA) is 46.0 Å². The van der Waals surface area contributed by atoms with Gasteiger partial charge in [-0.25, -0.2) is 0 Å². The maximum Gasteiger partial charge on any atom is 0.174 e. The molecule has 0 spiro atoms. The Morgan fingerprint density at radius 2 is 2.35 bits per heavy atom. The number of aromatic nitrogens is 2. The molecule has 0 unspecified atom stereocenters. The van der Waals surface area contributed by atoms with Gasteiger partial charge in [0, 0.05) is 11.3 Å². The second kappa shape index (κ2) is 6.40. The highest BCUT2D eigenvalue weighted by Gasteiger charge is 1.99. The third kappa shape index (κ3) is 3.86. The zero-order valence-corrected chi connectivity index (χ0v) is 10.6. The molecule has 5 heteroatoms. The number of rotatable bonds is 3. The van der Waals surface area contributed by atoms with Gasteiger partial charge in [-0.15, -0.1) is 10.2 Å². The Kier molecular flexibility index (Phi) is 4.56. The van der Waals surface area contributed by atoms with Gasteiger partial charge in [-0.2, -0.15) is 0 Å². The molecule has 0 atom stereocenters. The van der Waals surface area contributed by atoms with E-state index in [1.165, 1.54) is 16.9 Å². The minimum atomic E-state index is -0.107. The minimum Gasteiger partial charge on any atom is -0.384 e. The Hall–Kier alpha value is -1.35. The molecule has 0 aliphatic rings. The number of hydrogen-bond donors (Lipinski definition) is 1. The number of hydrogen-bond acceptors (Lipinski definition) is 5. The quantitative estimate of drug-likeness (QED) is 0.680.